The van der Waals surface area contributed by atoms with Crippen LogP contribution in [-0.4, -0.2) is 11.1 Å². The summed E-state index contributed by atoms with van der Waals surface area (Å²) in [6.45, 7) is 0.787. The maximum absolute atomic E-state index is 6.96. The summed E-state index contributed by atoms with van der Waals surface area (Å²) in [5, 5.41) is 5.94. The maximum atomic E-state index is 6.96. The summed E-state index contributed by atoms with van der Waals surface area (Å²) in [4.78, 5) is 0. The number of dihydropyridines is 1. The van der Waals surface area contributed by atoms with Gasteiger partial charge in [-0.15, -0.1) is 0 Å². The second-order valence-electron chi connectivity index (χ2n) is 12.9. The average Bonchev–Trinajstić information content (AvgIpc) is 3.54. The van der Waals surface area contributed by atoms with Crippen LogP contribution in [0.15, 0.2) is 176 Å². The third-order valence-corrected chi connectivity index (χ3v) is 9.90. The Labute approximate surface area is 296 Å². The van der Waals surface area contributed by atoms with Crippen molar-refractivity contribution in [2.24, 2.45) is 0 Å². The van der Waals surface area contributed by atoms with E-state index in [1.165, 1.54) is 16.3 Å². The molecule has 7 aromatic carbocycles. The molecule has 0 radical (unpaired) electrons. The topological polar surface area (TPSA) is 35.4 Å². The van der Waals surface area contributed by atoms with Gasteiger partial charge in [0.25, 0.3) is 0 Å². The molecule has 0 saturated heterocycles. The number of hydrogen-bond acceptors (Lipinski definition) is 3. The Morgan fingerprint density at radius 2 is 1.12 bits per heavy atom. The van der Waals surface area contributed by atoms with Crippen LogP contribution >= 0.6 is 0 Å². The van der Waals surface area contributed by atoms with Gasteiger partial charge in [0.2, 0.25) is 0 Å². The lowest BCUT2D eigenvalue weighted by molar-refractivity contribution is 0.472. The minimum Gasteiger partial charge on any atom is -0.456 e. The van der Waals surface area contributed by atoms with Gasteiger partial charge in [-0.1, -0.05) is 109 Å². The van der Waals surface area contributed by atoms with Gasteiger partial charge in [0, 0.05) is 56.5 Å². The van der Waals surface area contributed by atoms with E-state index in [4.69, 9.17) is 9.47 Å². The number of nitrogens with zero attached hydrogens (tertiary/aromatic N) is 1. The fourth-order valence-electron chi connectivity index (χ4n) is 7.56. The molecule has 2 aliphatic rings. The van der Waals surface area contributed by atoms with Crippen molar-refractivity contribution in [3.63, 3.8) is 0 Å². The molecule has 8 aromatic rings. The first-order chi connectivity index (χ1) is 25.3. The quantitative estimate of drug-likeness (QED) is 0.206. The number of ether oxygens (including phenoxy) is 2. The van der Waals surface area contributed by atoms with Gasteiger partial charge in [0.05, 0.1) is 11.0 Å². The third-order valence-electron chi connectivity index (χ3n) is 9.90. The van der Waals surface area contributed by atoms with Crippen LogP contribution in [0.25, 0.3) is 66.6 Å². The van der Waals surface area contributed by atoms with Gasteiger partial charge in [-0.05, 0) is 77.9 Å². The van der Waals surface area contributed by atoms with Crippen LogP contribution in [0.5, 0.6) is 23.0 Å². The largest absolute Gasteiger partial charge is 0.456 e. The van der Waals surface area contributed by atoms with E-state index in [1.807, 2.05) is 36.4 Å². The summed E-state index contributed by atoms with van der Waals surface area (Å²) in [6.07, 6.45) is 6.31. The Kier molecular flexibility index (Phi) is 6.85. The van der Waals surface area contributed by atoms with E-state index in [1.54, 1.807) is 0 Å². The summed E-state index contributed by atoms with van der Waals surface area (Å²) in [6, 6.07) is 55.3. The first-order valence-corrected chi connectivity index (χ1v) is 17.3. The molecule has 0 spiro atoms. The Morgan fingerprint density at radius 3 is 1.92 bits per heavy atom. The second kappa shape index (κ2) is 12.0. The molecule has 0 unspecified atom stereocenters. The third kappa shape index (κ3) is 4.92. The number of hydrogen-bond donors (Lipinski definition) is 1. The minimum atomic E-state index is 0.762. The molecule has 2 aliphatic heterocycles. The maximum Gasteiger partial charge on any atom is 0.136 e. The molecule has 242 valence electrons. The summed E-state index contributed by atoms with van der Waals surface area (Å²) in [7, 11) is 0. The lowest BCUT2D eigenvalue weighted by Gasteiger charge is -2.23. The molecule has 0 atom stereocenters. The molecule has 4 heteroatoms. The zero-order valence-corrected chi connectivity index (χ0v) is 27.7. The molecule has 51 heavy (non-hydrogen) atoms. The molecule has 1 aromatic heterocycles. The van der Waals surface area contributed by atoms with Crippen molar-refractivity contribution in [3.8, 4) is 62.1 Å². The van der Waals surface area contributed by atoms with Gasteiger partial charge in [0.15, 0.2) is 0 Å². The summed E-state index contributed by atoms with van der Waals surface area (Å²) >= 11 is 0. The molecule has 0 amide bonds. The molecule has 0 fully saturated rings. The number of fused-ring (bicyclic) bond motifs is 9. The fourth-order valence-corrected chi connectivity index (χ4v) is 7.56. The van der Waals surface area contributed by atoms with E-state index in [2.05, 4.69) is 149 Å². The lowest BCUT2D eigenvalue weighted by Crippen LogP contribution is -2.14. The molecule has 10 rings (SSSR count). The Hall–Kier alpha value is -6.78. The Balaban J connectivity index is 1.22. The van der Waals surface area contributed by atoms with Crippen LogP contribution in [0, 0.1) is 0 Å². The molecule has 0 saturated carbocycles. The number of para-hydroxylation sites is 4. The molecule has 0 bridgehead atoms. The van der Waals surface area contributed by atoms with Crippen molar-refractivity contribution in [2.75, 3.05) is 6.54 Å². The highest BCUT2D eigenvalue weighted by Crippen LogP contribution is 2.49. The van der Waals surface area contributed by atoms with Gasteiger partial charge < -0.3 is 19.4 Å². The highest BCUT2D eigenvalue weighted by atomic mass is 16.5. The van der Waals surface area contributed by atoms with Crippen molar-refractivity contribution in [2.45, 2.75) is 0 Å². The van der Waals surface area contributed by atoms with Crippen LogP contribution in [0.2, 0.25) is 0 Å². The summed E-state index contributed by atoms with van der Waals surface area (Å²) in [5.74, 6) is 3.08. The predicted molar refractivity (Wildman–Crippen MR) is 209 cm³/mol. The van der Waals surface area contributed by atoms with E-state index in [9.17, 15) is 0 Å². The normalized spacial score (nSPS) is 13.1. The zero-order valence-electron chi connectivity index (χ0n) is 27.7. The highest BCUT2D eigenvalue weighted by Gasteiger charge is 2.23. The zero-order chi connectivity index (χ0) is 33.7. The first kappa shape index (κ1) is 29.2. The number of rotatable bonds is 3. The van der Waals surface area contributed by atoms with E-state index in [0.717, 1.165) is 85.4 Å². The number of nitrogens with one attached hydrogen (secondary N) is 1. The molecule has 1 N–H and O–H groups in total. The van der Waals surface area contributed by atoms with E-state index in [0.29, 0.717) is 0 Å². The summed E-state index contributed by atoms with van der Waals surface area (Å²) < 4.78 is 16.2. The van der Waals surface area contributed by atoms with Gasteiger partial charge in [-0.25, -0.2) is 0 Å². The fraction of sp³-hybridized carbons (Fsp3) is 0.0213. The number of benzene rings is 7. The molecule has 3 heterocycles. The van der Waals surface area contributed by atoms with Crippen molar-refractivity contribution in [1.29, 1.82) is 0 Å². The average molecular weight is 657 g/mol. The van der Waals surface area contributed by atoms with E-state index in [-0.39, 0.29) is 0 Å². The summed E-state index contributed by atoms with van der Waals surface area (Å²) in [5.41, 5.74) is 11.7. The lowest BCUT2D eigenvalue weighted by atomic mass is 9.93. The van der Waals surface area contributed by atoms with Crippen LogP contribution in [0.4, 0.5) is 0 Å². The van der Waals surface area contributed by atoms with Crippen molar-refractivity contribution >= 4 is 27.5 Å². The van der Waals surface area contributed by atoms with Crippen molar-refractivity contribution < 1.29 is 9.47 Å². The van der Waals surface area contributed by atoms with Crippen LogP contribution in [-0.2, 0) is 0 Å². The number of aromatic nitrogens is 1. The van der Waals surface area contributed by atoms with Crippen molar-refractivity contribution in [1.82, 2.24) is 9.88 Å². The second-order valence-corrected chi connectivity index (χ2v) is 12.9. The smallest absolute Gasteiger partial charge is 0.136 e. The highest BCUT2D eigenvalue weighted by molar-refractivity contribution is 6.16. The molecule has 0 aliphatic carbocycles. The van der Waals surface area contributed by atoms with Gasteiger partial charge >= 0.3 is 0 Å². The number of allylic oxidation sites excluding steroid dienone is 2. The standard InChI is InChI=1S/C47H32N2O2/c1-2-13-33(14-3-1)49-41-20-7-4-17-38(41)47-34(18-12-21-42(47)49)31-25-27-45-39(29-31)37-26-24-32(40-19-10-11-28-48-40)30-46(37)51-44-23-9-6-16-36(44)35-15-5-8-22-43(35)50-45/h1-27,29-30,48H,28H2. The first-order valence-electron chi connectivity index (χ1n) is 17.3. The van der Waals surface area contributed by atoms with Crippen LogP contribution in [0.1, 0.15) is 5.56 Å². The van der Waals surface area contributed by atoms with Crippen LogP contribution in [0.3, 0.4) is 0 Å². The SMILES string of the molecule is C1=CCNC(c2ccc3c(c2)Oc2ccccc2-c2ccccc2Oc2ccc(-c4cccc5c4c4ccccc4n5-c4ccccc4)cc2-3)=C1. The molecule has 4 nitrogen and oxygen atoms in total. The van der Waals surface area contributed by atoms with Crippen molar-refractivity contribution in [3.05, 3.63) is 182 Å². The van der Waals surface area contributed by atoms with Gasteiger partial charge in [-0.2, -0.15) is 0 Å². The predicted octanol–water partition coefficient (Wildman–Crippen LogP) is 12.2. The Bertz CT molecular complexity index is 2700. The van der Waals surface area contributed by atoms with Gasteiger partial charge in [0.1, 0.15) is 23.0 Å². The van der Waals surface area contributed by atoms with Crippen LogP contribution < -0.4 is 14.8 Å². The Morgan fingerprint density at radius 1 is 0.471 bits per heavy atom. The van der Waals surface area contributed by atoms with E-state index < -0.39 is 0 Å². The molecular weight excluding hydrogens is 625 g/mol. The van der Waals surface area contributed by atoms with Gasteiger partial charge in [-0.3, -0.25) is 0 Å². The minimum absolute atomic E-state index is 0.762. The van der Waals surface area contributed by atoms with E-state index >= 15 is 0 Å². The molecular formula is C47H32N2O2. The monoisotopic (exact) mass is 656 g/mol.